The molecule has 204 valence electrons. The van der Waals surface area contributed by atoms with Crippen LogP contribution in [-0.2, 0) is 32.2 Å². The summed E-state index contributed by atoms with van der Waals surface area (Å²) < 4.78 is 10.1. The van der Waals surface area contributed by atoms with Gasteiger partial charge in [0.05, 0.1) is 25.0 Å². The number of carbonyl (C=O) groups excluding carboxylic acids is 2. The Bertz CT molecular complexity index is 1010. The number of nitrogens with zero attached hydrogens (tertiary/aromatic N) is 2. The second-order valence-corrected chi connectivity index (χ2v) is 11.8. The lowest BCUT2D eigenvalue weighted by Gasteiger charge is -2.25. The van der Waals surface area contributed by atoms with Crippen LogP contribution in [0.5, 0.6) is 0 Å². The Morgan fingerprint density at radius 2 is 1.11 bits per heavy atom. The second-order valence-electron chi connectivity index (χ2n) is 11.8. The number of likely N-dealkylation sites (tertiary alicyclic amines) is 2. The fourth-order valence-corrected chi connectivity index (χ4v) is 7.78. The Kier molecular flexibility index (Phi) is 8.20. The van der Waals surface area contributed by atoms with Gasteiger partial charge in [0.2, 0.25) is 0 Å². The first-order valence-corrected chi connectivity index (χ1v) is 14.2. The molecule has 0 bridgehead atoms. The van der Waals surface area contributed by atoms with E-state index < -0.39 is 0 Å². The van der Waals surface area contributed by atoms with E-state index in [1.165, 1.54) is 51.0 Å². The van der Waals surface area contributed by atoms with E-state index in [-0.39, 0.29) is 22.8 Å². The minimum atomic E-state index is -0.219. The van der Waals surface area contributed by atoms with Crippen molar-refractivity contribution >= 4 is 11.9 Å². The molecule has 0 radical (unpaired) electrons. The summed E-state index contributed by atoms with van der Waals surface area (Å²) >= 11 is 0. The first kappa shape index (κ1) is 26.9. The van der Waals surface area contributed by atoms with Crippen molar-refractivity contribution in [2.45, 2.75) is 51.6 Å². The summed E-state index contributed by atoms with van der Waals surface area (Å²) in [5.41, 5.74) is 2.21. The summed E-state index contributed by atoms with van der Waals surface area (Å²) in [6, 6.07) is 21.0. The molecule has 0 amide bonds. The second kappa shape index (κ2) is 11.6. The van der Waals surface area contributed by atoms with Gasteiger partial charge in [0.15, 0.2) is 0 Å². The summed E-state index contributed by atoms with van der Waals surface area (Å²) in [4.78, 5) is 29.2. The highest BCUT2D eigenvalue weighted by molar-refractivity contribution is 5.79. The molecule has 38 heavy (non-hydrogen) atoms. The van der Waals surface area contributed by atoms with E-state index in [4.69, 9.17) is 9.47 Å². The molecule has 0 aromatic heterocycles. The molecule has 2 heterocycles. The number of carbonyl (C=O) groups is 2. The molecule has 2 aliphatic carbocycles. The van der Waals surface area contributed by atoms with E-state index in [1.807, 2.05) is 12.1 Å². The van der Waals surface area contributed by atoms with Crippen molar-refractivity contribution in [2.75, 3.05) is 40.4 Å². The van der Waals surface area contributed by atoms with Crippen molar-refractivity contribution in [3.63, 3.8) is 0 Å². The van der Waals surface area contributed by atoms with E-state index in [1.54, 1.807) is 0 Å². The number of esters is 2. The van der Waals surface area contributed by atoms with Gasteiger partial charge in [0.25, 0.3) is 0 Å². The van der Waals surface area contributed by atoms with Crippen molar-refractivity contribution in [3.8, 4) is 0 Å². The van der Waals surface area contributed by atoms with Gasteiger partial charge in [-0.15, -0.1) is 0 Å². The lowest BCUT2D eigenvalue weighted by molar-refractivity contribution is -0.154. The van der Waals surface area contributed by atoms with Gasteiger partial charge < -0.3 is 9.47 Å². The largest absolute Gasteiger partial charge is 0.469 e. The van der Waals surface area contributed by atoms with Gasteiger partial charge in [-0.3, -0.25) is 19.4 Å². The third-order valence-electron chi connectivity index (χ3n) is 9.56. The Morgan fingerprint density at radius 3 is 1.47 bits per heavy atom. The predicted molar refractivity (Wildman–Crippen MR) is 147 cm³/mol. The van der Waals surface area contributed by atoms with E-state index in [0.29, 0.717) is 11.8 Å². The molecule has 2 aromatic rings. The fourth-order valence-electron chi connectivity index (χ4n) is 7.78. The van der Waals surface area contributed by atoms with Gasteiger partial charge in [0.1, 0.15) is 0 Å². The molecule has 4 aliphatic rings. The molecule has 2 saturated carbocycles. The highest BCUT2D eigenvalue weighted by atomic mass is 16.5. The summed E-state index contributed by atoms with van der Waals surface area (Å²) in [6.45, 7) is 5.67. The maximum Gasteiger partial charge on any atom is 0.313 e. The van der Waals surface area contributed by atoms with Crippen molar-refractivity contribution in [1.29, 1.82) is 0 Å². The SMILES string of the molecule is COC(=O)C12CCCC1CN(Cc1ccccc1)C2.COC(=O)C12CCCC1CN(Cc1ccccc1)C2. The van der Waals surface area contributed by atoms with Gasteiger partial charge >= 0.3 is 11.9 Å². The Hall–Kier alpha value is -2.70. The zero-order valence-electron chi connectivity index (χ0n) is 22.9. The molecular formula is C32H42N2O4. The number of fused-ring (bicyclic) bond motifs is 2. The van der Waals surface area contributed by atoms with Crippen LogP contribution in [0.1, 0.15) is 49.7 Å². The number of hydrogen-bond acceptors (Lipinski definition) is 6. The average molecular weight is 519 g/mol. The number of methoxy groups -OCH3 is 2. The zero-order valence-corrected chi connectivity index (χ0v) is 22.9. The monoisotopic (exact) mass is 518 g/mol. The van der Waals surface area contributed by atoms with E-state index in [0.717, 1.165) is 52.1 Å². The van der Waals surface area contributed by atoms with Crippen molar-refractivity contribution in [1.82, 2.24) is 9.80 Å². The third-order valence-corrected chi connectivity index (χ3v) is 9.56. The first-order valence-electron chi connectivity index (χ1n) is 14.2. The molecule has 6 rings (SSSR count). The molecule has 0 spiro atoms. The molecule has 2 aliphatic heterocycles. The minimum absolute atomic E-state index is 0.00515. The van der Waals surface area contributed by atoms with E-state index in [9.17, 15) is 9.59 Å². The molecule has 2 saturated heterocycles. The quantitative estimate of drug-likeness (QED) is 0.506. The third kappa shape index (κ3) is 5.26. The normalized spacial score (nSPS) is 30.3. The van der Waals surface area contributed by atoms with Crippen molar-refractivity contribution in [3.05, 3.63) is 71.8 Å². The van der Waals surface area contributed by atoms with Crippen LogP contribution >= 0.6 is 0 Å². The van der Waals surface area contributed by atoms with Crippen molar-refractivity contribution in [2.24, 2.45) is 22.7 Å². The van der Waals surface area contributed by atoms with Gasteiger partial charge in [-0.2, -0.15) is 0 Å². The number of ether oxygens (including phenoxy) is 2. The summed E-state index contributed by atoms with van der Waals surface area (Å²) in [6.07, 6.45) is 6.66. The lowest BCUT2D eigenvalue weighted by atomic mass is 9.81. The average Bonchev–Trinajstić information content (AvgIpc) is 3.69. The van der Waals surface area contributed by atoms with Crippen LogP contribution in [0.4, 0.5) is 0 Å². The highest BCUT2D eigenvalue weighted by Crippen LogP contribution is 2.50. The van der Waals surface area contributed by atoms with Crippen LogP contribution in [-0.4, -0.2) is 62.1 Å². The van der Waals surface area contributed by atoms with Crippen molar-refractivity contribution < 1.29 is 19.1 Å². The van der Waals surface area contributed by atoms with Gasteiger partial charge in [-0.25, -0.2) is 0 Å². The Labute approximate surface area is 227 Å². The standard InChI is InChI=1S/2C16H21NO2/c2*1-19-15(18)16-9-5-8-14(16)11-17(12-16)10-13-6-3-2-4-7-13/h2*2-4,6-7,14H,5,8-12H2,1H3. The topological polar surface area (TPSA) is 59.1 Å². The molecule has 2 aromatic carbocycles. The predicted octanol–water partition coefficient (Wildman–Crippen LogP) is 4.92. The van der Waals surface area contributed by atoms with Gasteiger partial charge in [0, 0.05) is 39.3 Å². The maximum atomic E-state index is 12.2. The Balaban J connectivity index is 0.000000155. The van der Waals surface area contributed by atoms with E-state index >= 15 is 0 Å². The number of rotatable bonds is 6. The van der Waals surface area contributed by atoms with Crippen LogP contribution in [0, 0.1) is 22.7 Å². The number of hydrogen-bond donors (Lipinski definition) is 0. The van der Waals surface area contributed by atoms with Crippen LogP contribution < -0.4 is 0 Å². The maximum absolute atomic E-state index is 12.2. The summed E-state index contributed by atoms with van der Waals surface area (Å²) in [5.74, 6) is 0.989. The molecule has 4 fully saturated rings. The van der Waals surface area contributed by atoms with Crippen LogP contribution in [0.15, 0.2) is 60.7 Å². The fraction of sp³-hybridized carbons (Fsp3) is 0.562. The molecule has 0 N–H and O–H groups in total. The Morgan fingerprint density at radius 1 is 0.711 bits per heavy atom. The van der Waals surface area contributed by atoms with Crippen LogP contribution in [0.25, 0.3) is 0 Å². The van der Waals surface area contributed by atoms with Crippen LogP contribution in [0.3, 0.4) is 0 Å². The van der Waals surface area contributed by atoms with Gasteiger partial charge in [-0.05, 0) is 48.6 Å². The lowest BCUT2D eigenvalue weighted by Crippen LogP contribution is -2.36. The van der Waals surface area contributed by atoms with E-state index in [2.05, 4.69) is 58.3 Å². The zero-order chi connectivity index (χ0) is 26.6. The summed E-state index contributed by atoms with van der Waals surface area (Å²) in [5, 5.41) is 0. The number of benzene rings is 2. The highest BCUT2D eigenvalue weighted by Gasteiger charge is 2.56. The first-order chi connectivity index (χ1) is 18.5. The molecule has 4 unspecified atom stereocenters. The molecule has 6 nitrogen and oxygen atoms in total. The minimum Gasteiger partial charge on any atom is -0.469 e. The molecule has 6 heteroatoms. The van der Waals surface area contributed by atoms with Crippen LogP contribution in [0.2, 0.25) is 0 Å². The summed E-state index contributed by atoms with van der Waals surface area (Å²) in [7, 11) is 3.04. The molecular weight excluding hydrogens is 476 g/mol. The molecule has 4 atom stereocenters. The smallest absolute Gasteiger partial charge is 0.313 e. The van der Waals surface area contributed by atoms with Gasteiger partial charge in [-0.1, -0.05) is 73.5 Å².